The zero-order chi connectivity index (χ0) is 21.8. The molecule has 0 radical (unpaired) electrons. The molecule has 0 saturated carbocycles. The van der Waals surface area contributed by atoms with Gasteiger partial charge in [0.15, 0.2) is 0 Å². The number of hydrogen-bond acceptors (Lipinski definition) is 5. The van der Waals surface area contributed by atoms with Crippen LogP contribution in [0.15, 0.2) is 36.4 Å². The molecule has 0 aliphatic carbocycles. The van der Waals surface area contributed by atoms with Crippen LogP contribution in [0, 0.1) is 6.92 Å². The van der Waals surface area contributed by atoms with Gasteiger partial charge in [0.1, 0.15) is 18.0 Å². The Morgan fingerprint density at radius 2 is 1.86 bits per heavy atom. The number of carbonyl (C=O) groups is 1. The Morgan fingerprint density at radius 3 is 2.41 bits per heavy atom. The summed E-state index contributed by atoms with van der Waals surface area (Å²) in [6, 6.07) is 9.66. The maximum atomic E-state index is 12.7. The normalized spacial score (nSPS) is 12.2. The topological polar surface area (TPSA) is 84.9 Å². The van der Waals surface area contributed by atoms with Crippen molar-refractivity contribution in [2.24, 2.45) is 0 Å². The smallest absolute Gasteiger partial charge is 0.241 e. The van der Waals surface area contributed by atoms with E-state index in [1.54, 1.807) is 57.4 Å². The fourth-order valence-electron chi connectivity index (χ4n) is 2.95. The number of amides is 1. The minimum absolute atomic E-state index is 0.363. The molecule has 0 bridgehead atoms. The number of rotatable bonds is 8. The molecular formula is C20H25ClN2O5S. The lowest BCUT2D eigenvalue weighted by molar-refractivity contribution is -0.120. The van der Waals surface area contributed by atoms with Crippen LogP contribution in [0.4, 0.5) is 5.69 Å². The summed E-state index contributed by atoms with van der Waals surface area (Å²) in [6.07, 6.45) is 1.06. The quantitative estimate of drug-likeness (QED) is 0.680. The number of hydrogen-bond donors (Lipinski definition) is 1. The lowest BCUT2D eigenvalue weighted by Crippen LogP contribution is -2.41. The van der Waals surface area contributed by atoms with Crippen LogP contribution in [-0.2, 0) is 14.8 Å². The first-order valence-corrected chi connectivity index (χ1v) is 11.0. The second-order valence-electron chi connectivity index (χ2n) is 6.60. The second-order valence-corrected chi connectivity index (χ2v) is 8.94. The number of carbonyl (C=O) groups excluding carboxylic acids is 1. The third-order valence-corrected chi connectivity index (χ3v) is 5.76. The average Bonchev–Trinajstić information content (AvgIpc) is 2.65. The maximum Gasteiger partial charge on any atom is 0.241 e. The van der Waals surface area contributed by atoms with Gasteiger partial charge < -0.3 is 14.8 Å². The standard InChI is InChI=1S/C20H25ClN2O5S/c1-13-10-15(21)6-8-18(13)23(29(5,25)26)12-20(24)22-14(2)17-11-16(27-3)7-9-19(17)28-4/h6-11,14H,12H2,1-5H3,(H,22,24)/t14-/m0/s1. The summed E-state index contributed by atoms with van der Waals surface area (Å²) < 4.78 is 36.3. The number of sulfonamides is 1. The molecule has 29 heavy (non-hydrogen) atoms. The van der Waals surface area contributed by atoms with Gasteiger partial charge in [-0.2, -0.15) is 0 Å². The molecule has 2 rings (SSSR count). The van der Waals surface area contributed by atoms with Crippen molar-refractivity contribution < 1.29 is 22.7 Å². The van der Waals surface area contributed by atoms with Crippen molar-refractivity contribution in [1.29, 1.82) is 0 Å². The van der Waals surface area contributed by atoms with Crippen molar-refractivity contribution >= 4 is 33.2 Å². The molecule has 1 N–H and O–H groups in total. The number of nitrogens with one attached hydrogen (secondary N) is 1. The molecule has 0 aromatic heterocycles. The SMILES string of the molecule is COc1ccc(OC)c([C@H](C)NC(=O)CN(c2ccc(Cl)cc2C)S(C)(=O)=O)c1. The van der Waals surface area contributed by atoms with E-state index in [0.29, 0.717) is 33.3 Å². The Bertz CT molecular complexity index is 994. The summed E-state index contributed by atoms with van der Waals surface area (Å²) in [5.74, 6) is 0.755. The largest absolute Gasteiger partial charge is 0.497 e. The Kier molecular flexibility index (Phi) is 7.37. The lowest BCUT2D eigenvalue weighted by Gasteiger charge is -2.25. The molecule has 0 aliphatic heterocycles. The van der Waals surface area contributed by atoms with E-state index in [9.17, 15) is 13.2 Å². The van der Waals surface area contributed by atoms with Crippen molar-refractivity contribution in [3.8, 4) is 11.5 Å². The fourth-order valence-corrected chi connectivity index (χ4v) is 4.09. The zero-order valence-corrected chi connectivity index (χ0v) is 18.6. The zero-order valence-electron chi connectivity index (χ0n) is 17.0. The van der Waals surface area contributed by atoms with E-state index in [0.717, 1.165) is 10.6 Å². The van der Waals surface area contributed by atoms with Gasteiger partial charge in [0, 0.05) is 10.6 Å². The summed E-state index contributed by atoms with van der Waals surface area (Å²) in [5.41, 5.74) is 1.77. The highest BCUT2D eigenvalue weighted by Gasteiger charge is 2.24. The van der Waals surface area contributed by atoms with Gasteiger partial charge in [0.25, 0.3) is 0 Å². The Balaban J connectivity index is 2.25. The van der Waals surface area contributed by atoms with Crippen LogP contribution in [0.5, 0.6) is 11.5 Å². The Morgan fingerprint density at radius 1 is 1.17 bits per heavy atom. The number of benzene rings is 2. The van der Waals surface area contributed by atoms with Gasteiger partial charge in [0.2, 0.25) is 15.9 Å². The minimum Gasteiger partial charge on any atom is -0.497 e. The molecule has 9 heteroatoms. The predicted octanol–water partition coefficient (Wildman–Crippen LogP) is 3.31. The molecule has 1 atom stereocenters. The van der Waals surface area contributed by atoms with Crippen LogP contribution in [0.25, 0.3) is 0 Å². The molecule has 158 valence electrons. The van der Waals surface area contributed by atoms with Gasteiger partial charge in [-0.05, 0) is 55.8 Å². The third-order valence-electron chi connectivity index (χ3n) is 4.40. The third kappa shape index (κ3) is 5.77. The number of anilines is 1. The summed E-state index contributed by atoms with van der Waals surface area (Å²) in [4.78, 5) is 12.7. The predicted molar refractivity (Wildman–Crippen MR) is 114 cm³/mol. The van der Waals surface area contributed by atoms with Crippen molar-refractivity contribution in [2.45, 2.75) is 19.9 Å². The van der Waals surface area contributed by atoms with Gasteiger partial charge in [-0.3, -0.25) is 9.10 Å². The number of nitrogens with zero attached hydrogens (tertiary/aromatic N) is 1. The monoisotopic (exact) mass is 440 g/mol. The molecule has 0 unspecified atom stereocenters. The molecule has 1 amide bonds. The fraction of sp³-hybridized carbons (Fsp3) is 0.350. The van der Waals surface area contributed by atoms with Gasteiger partial charge in [-0.15, -0.1) is 0 Å². The van der Waals surface area contributed by atoms with Crippen molar-refractivity contribution in [3.63, 3.8) is 0 Å². The molecule has 0 heterocycles. The van der Waals surface area contributed by atoms with Crippen molar-refractivity contribution in [2.75, 3.05) is 31.3 Å². The van der Waals surface area contributed by atoms with Crippen LogP contribution in [-0.4, -0.2) is 41.3 Å². The number of ether oxygens (including phenoxy) is 2. The van der Waals surface area contributed by atoms with E-state index in [2.05, 4.69) is 5.32 Å². The first-order chi connectivity index (χ1) is 13.6. The van der Waals surface area contributed by atoms with E-state index in [1.165, 1.54) is 7.11 Å². The van der Waals surface area contributed by atoms with Crippen molar-refractivity contribution in [3.05, 3.63) is 52.5 Å². The first-order valence-electron chi connectivity index (χ1n) is 8.82. The second kappa shape index (κ2) is 9.37. The average molecular weight is 441 g/mol. The molecular weight excluding hydrogens is 416 g/mol. The molecule has 2 aromatic rings. The summed E-state index contributed by atoms with van der Waals surface area (Å²) in [7, 11) is -0.602. The van der Waals surface area contributed by atoms with Gasteiger partial charge >= 0.3 is 0 Å². The molecule has 0 saturated heterocycles. The first kappa shape index (κ1) is 22.8. The van der Waals surface area contributed by atoms with E-state index in [4.69, 9.17) is 21.1 Å². The minimum atomic E-state index is -3.69. The lowest BCUT2D eigenvalue weighted by atomic mass is 10.1. The van der Waals surface area contributed by atoms with E-state index < -0.39 is 22.0 Å². The number of methoxy groups -OCH3 is 2. The van der Waals surface area contributed by atoms with E-state index in [1.807, 2.05) is 0 Å². The summed E-state index contributed by atoms with van der Waals surface area (Å²) >= 11 is 5.96. The van der Waals surface area contributed by atoms with Crippen LogP contribution in [0.2, 0.25) is 5.02 Å². The summed E-state index contributed by atoms with van der Waals surface area (Å²) in [6.45, 7) is 3.16. The van der Waals surface area contributed by atoms with Gasteiger partial charge in [-0.1, -0.05) is 11.6 Å². The molecule has 7 nitrogen and oxygen atoms in total. The van der Waals surface area contributed by atoms with Crippen LogP contribution in [0.3, 0.4) is 0 Å². The summed E-state index contributed by atoms with van der Waals surface area (Å²) in [5, 5.41) is 3.31. The van der Waals surface area contributed by atoms with E-state index in [-0.39, 0.29) is 6.54 Å². The molecule has 2 aromatic carbocycles. The Labute approximate surface area is 176 Å². The van der Waals surface area contributed by atoms with Crippen LogP contribution in [0.1, 0.15) is 24.1 Å². The highest BCUT2D eigenvalue weighted by Crippen LogP contribution is 2.29. The molecule has 0 aliphatic rings. The van der Waals surface area contributed by atoms with Crippen molar-refractivity contribution in [1.82, 2.24) is 5.32 Å². The van der Waals surface area contributed by atoms with E-state index >= 15 is 0 Å². The molecule has 0 fully saturated rings. The highest BCUT2D eigenvalue weighted by molar-refractivity contribution is 7.92. The number of aryl methyl sites for hydroxylation is 1. The van der Waals surface area contributed by atoms with Crippen LogP contribution < -0.4 is 19.1 Å². The number of halogens is 1. The molecule has 0 spiro atoms. The van der Waals surface area contributed by atoms with Crippen LogP contribution >= 0.6 is 11.6 Å². The highest BCUT2D eigenvalue weighted by atomic mass is 35.5. The Hall–Kier alpha value is -2.45. The van der Waals surface area contributed by atoms with Gasteiger partial charge in [0.05, 0.1) is 32.2 Å². The van der Waals surface area contributed by atoms with Gasteiger partial charge in [-0.25, -0.2) is 8.42 Å². The maximum absolute atomic E-state index is 12.7.